The molecule has 1 amide bonds. The van der Waals surface area contributed by atoms with Crippen LogP contribution >= 0.6 is 0 Å². The first-order chi connectivity index (χ1) is 9.54. The van der Waals surface area contributed by atoms with Gasteiger partial charge in [0.05, 0.1) is 6.61 Å². The molecule has 20 heavy (non-hydrogen) atoms. The lowest BCUT2D eigenvalue weighted by atomic mass is 10.1. The highest BCUT2D eigenvalue weighted by molar-refractivity contribution is 6.02. The van der Waals surface area contributed by atoms with Gasteiger partial charge in [-0.05, 0) is 33.0 Å². The van der Waals surface area contributed by atoms with Crippen molar-refractivity contribution in [1.29, 1.82) is 0 Å². The molecule has 1 aromatic rings. The first-order valence-electron chi connectivity index (χ1n) is 7.05. The van der Waals surface area contributed by atoms with E-state index in [0.29, 0.717) is 29.6 Å². The first-order valence-corrected chi connectivity index (χ1v) is 7.05. The highest BCUT2D eigenvalue weighted by atomic mass is 16.5. The molecule has 0 spiro atoms. The second-order valence-electron chi connectivity index (χ2n) is 5.23. The number of piperazine rings is 1. The topological polar surface area (TPSA) is 58.8 Å². The van der Waals surface area contributed by atoms with Crippen LogP contribution in [0.2, 0.25) is 0 Å². The predicted octanol–water partition coefficient (Wildman–Crippen LogP) is 1.44. The van der Waals surface area contributed by atoms with Crippen LogP contribution in [0.5, 0.6) is 5.75 Å². The fourth-order valence-corrected chi connectivity index (χ4v) is 2.44. The van der Waals surface area contributed by atoms with Crippen molar-refractivity contribution in [3.8, 4) is 5.75 Å². The van der Waals surface area contributed by atoms with E-state index >= 15 is 0 Å². The van der Waals surface area contributed by atoms with Crippen molar-refractivity contribution in [1.82, 2.24) is 9.80 Å². The van der Waals surface area contributed by atoms with Crippen LogP contribution in [0.4, 0.5) is 5.69 Å². The number of nitrogens with zero attached hydrogens (tertiary/aromatic N) is 2. The van der Waals surface area contributed by atoms with Gasteiger partial charge in [0.1, 0.15) is 11.3 Å². The van der Waals surface area contributed by atoms with Gasteiger partial charge in [0.15, 0.2) is 0 Å². The van der Waals surface area contributed by atoms with Crippen LogP contribution in [-0.2, 0) is 0 Å². The Morgan fingerprint density at radius 1 is 1.45 bits per heavy atom. The van der Waals surface area contributed by atoms with Crippen LogP contribution < -0.4 is 10.5 Å². The lowest BCUT2D eigenvalue weighted by Crippen LogP contribution is -2.52. The number of carbonyl (C=O) groups excluding carboxylic acids is 1. The van der Waals surface area contributed by atoms with Gasteiger partial charge >= 0.3 is 0 Å². The summed E-state index contributed by atoms with van der Waals surface area (Å²) in [6.45, 7) is 6.86. The molecule has 1 heterocycles. The maximum Gasteiger partial charge on any atom is 0.259 e. The maximum atomic E-state index is 12.7. The lowest BCUT2D eigenvalue weighted by molar-refractivity contribution is 0.0570. The van der Waals surface area contributed by atoms with Crippen molar-refractivity contribution in [2.45, 2.75) is 19.9 Å². The molecular weight excluding hydrogens is 254 g/mol. The number of hydrogen-bond donors (Lipinski definition) is 1. The molecule has 1 atom stereocenters. The Balaban J connectivity index is 2.25. The molecule has 0 aromatic heterocycles. The van der Waals surface area contributed by atoms with E-state index in [2.05, 4.69) is 18.9 Å². The molecule has 2 N–H and O–H groups in total. The predicted molar refractivity (Wildman–Crippen MR) is 80.0 cm³/mol. The molecule has 1 unspecified atom stereocenters. The Kier molecular flexibility index (Phi) is 4.49. The standard InChI is InChI=1S/C15H23N3O2/c1-4-20-13-7-5-6-12(16)14(13)15(19)18-9-8-17(3)11(2)10-18/h5-7,11H,4,8-10,16H2,1-3H3. The number of rotatable bonds is 3. The van der Waals surface area contributed by atoms with Crippen LogP contribution in [0.25, 0.3) is 0 Å². The summed E-state index contributed by atoms with van der Waals surface area (Å²) in [7, 11) is 2.08. The average Bonchev–Trinajstić information content (AvgIpc) is 2.42. The lowest BCUT2D eigenvalue weighted by Gasteiger charge is -2.38. The molecule has 5 nitrogen and oxygen atoms in total. The summed E-state index contributed by atoms with van der Waals surface area (Å²) < 4.78 is 5.54. The second kappa shape index (κ2) is 6.13. The number of ether oxygens (including phenoxy) is 1. The van der Waals surface area contributed by atoms with Gasteiger partial charge in [0.2, 0.25) is 0 Å². The summed E-state index contributed by atoms with van der Waals surface area (Å²) in [6.07, 6.45) is 0. The zero-order valence-electron chi connectivity index (χ0n) is 12.4. The third kappa shape index (κ3) is 2.88. The number of likely N-dealkylation sites (N-methyl/N-ethyl adjacent to an activating group) is 1. The quantitative estimate of drug-likeness (QED) is 0.849. The zero-order chi connectivity index (χ0) is 14.7. The Morgan fingerprint density at radius 2 is 2.20 bits per heavy atom. The minimum Gasteiger partial charge on any atom is -0.493 e. The van der Waals surface area contributed by atoms with Crippen LogP contribution in [0.3, 0.4) is 0 Å². The zero-order valence-corrected chi connectivity index (χ0v) is 12.4. The number of hydrogen-bond acceptors (Lipinski definition) is 4. The van der Waals surface area contributed by atoms with Crippen molar-refractivity contribution < 1.29 is 9.53 Å². The van der Waals surface area contributed by atoms with Gasteiger partial charge in [-0.3, -0.25) is 4.79 Å². The van der Waals surface area contributed by atoms with E-state index in [1.807, 2.05) is 17.9 Å². The molecule has 5 heteroatoms. The molecule has 0 bridgehead atoms. The van der Waals surface area contributed by atoms with Crippen LogP contribution in [0, 0.1) is 0 Å². The third-order valence-corrected chi connectivity index (χ3v) is 3.82. The molecule has 110 valence electrons. The highest BCUT2D eigenvalue weighted by Gasteiger charge is 2.28. The summed E-state index contributed by atoms with van der Waals surface area (Å²) in [5.74, 6) is 0.538. The van der Waals surface area contributed by atoms with Crippen molar-refractivity contribution in [3.63, 3.8) is 0 Å². The molecule has 2 rings (SSSR count). The first kappa shape index (κ1) is 14.7. The van der Waals surface area contributed by atoms with E-state index in [1.54, 1.807) is 12.1 Å². The Labute approximate surface area is 120 Å². The van der Waals surface area contributed by atoms with E-state index in [4.69, 9.17) is 10.5 Å². The molecular formula is C15H23N3O2. The second-order valence-corrected chi connectivity index (χ2v) is 5.23. The summed E-state index contributed by atoms with van der Waals surface area (Å²) in [6, 6.07) is 5.71. The summed E-state index contributed by atoms with van der Waals surface area (Å²) in [5.41, 5.74) is 6.95. The van der Waals surface area contributed by atoms with Gasteiger partial charge in [0, 0.05) is 31.4 Å². The van der Waals surface area contributed by atoms with Crippen molar-refractivity contribution in [3.05, 3.63) is 23.8 Å². The van der Waals surface area contributed by atoms with E-state index in [1.165, 1.54) is 0 Å². The number of carbonyl (C=O) groups is 1. The Morgan fingerprint density at radius 3 is 2.85 bits per heavy atom. The summed E-state index contributed by atoms with van der Waals surface area (Å²) in [5, 5.41) is 0. The van der Waals surface area contributed by atoms with Gasteiger partial charge < -0.3 is 20.3 Å². The van der Waals surface area contributed by atoms with E-state index in [-0.39, 0.29) is 5.91 Å². The molecule has 0 saturated carbocycles. The summed E-state index contributed by atoms with van der Waals surface area (Å²) in [4.78, 5) is 16.8. The molecule has 0 aliphatic carbocycles. The summed E-state index contributed by atoms with van der Waals surface area (Å²) >= 11 is 0. The molecule has 1 saturated heterocycles. The van der Waals surface area contributed by atoms with Gasteiger partial charge in [0.25, 0.3) is 5.91 Å². The monoisotopic (exact) mass is 277 g/mol. The number of anilines is 1. The largest absolute Gasteiger partial charge is 0.493 e. The van der Waals surface area contributed by atoms with Crippen molar-refractivity contribution in [2.75, 3.05) is 39.0 Å². The minimum absolute atomic E-state index is 0.0356. The Bertz CT molecular complexity index is 490. The smallest absolute Gasteiger partial charge is 0.259 e. The van der Waals surface area contributed by atoms with Gasteiger partial charge in [-0.15, -0.1) is 0 Å². The fraction of sp³-hybridized carbons (Fsp3) is 0.533. The Hall–Kier alpha value is -1.75. The number of amides is 1. The normalized spacial score (nSPS) is 19.9. The maximum absolute atomic E-state index is 12.7. The molecule has 1 aromatic carbocycles. The van der Waals surface area contributed by atoms with Gasteiger partial charge in [-0.25, -0.2) is 0 Å². The van der Waals surface area contributed by atoms with E-state index in [9.17, 15) is 4.79 Å². The molecule has 1 aliphatic rings. The average molecular weight is 277 g/mol. The van der Waals surface area contributed by atoms with Crippen LogP contribution in [0.15, 0.2) is 18.2 Å². The van der Waals surface area contributed by atoms with Crippen molar-refractivity contribution >= 4 is 11.6 Å². The SMILES string of the molecule is CCOc1cccc(N)c1C(=O)N1CCN(C)C(C)C1. The fourth-order valence-electron chi connectivity index (χ4n) is 2.44. The minimum atomic E-state index is -0.0356. The van der Waals surface area contributed by atoms with Crippen LogP contribution in [-0.4, -0.2) is 55.0 Å². The number of nitrogen functional groups attached to an aromatic ring is 1. The third-order valence-electron chi connectivity index (χ3n) is 3.82. The molecule has 1 aliphatic heterocycles. The number of nitrogens with two attached hydrogens (primary N) is 1. The number of benzene rings is 1. The van der Waals surface area contributed by atoms with E-state index < -0.39 is 0 Å². The van der Waals surface area contributed by atoms with E-state index in [0.717, 1.165) is 19.6 Å². The van der Waals surface area contributed by atoms with Crippen LogP contribution in [0.1, 0.15) is 24.2 Å². The molecule has 0 radical (unpaired) electrons. The van der Waals surface area contributed by atoms with Gasteiger partial charge in [-0.2, -0.15) is 0 Å². The van der Waals surface area contributed by atoms with Gasteiger partial charge in [-0.1, -0.05) is 6.07 Å². The highest BCUT2D eigenvalue weighted by Crippen LogP contribution is 2.27. The van der Waals surface area contributed by atoms with Crippen molar-refractivity contribution in [2.24, 2.45) is 0 Å². The molecule has 1 fully saturated rings.